The maximum absolute atomic E-state index is 10.9. The van der Waals surface area contributed by atoms with Gasteiger partial charge in [0.15, 0.2) is 0 Å². The molecule has 0 saturated carbocycles. The van der Waals surface area contributed by atoms with E-state index in [2.05, 4.69) is 52.0 Å². The summed E-state index contributed by atoms with van der Waals surface area (Å²) in [6.45, 7) is 9.33. The molecule has 0 unspecified atom stereocenters. The van der Waals surface area contributed by atoms with E-state index in [1.54, 1.807) is 12.1 Å². The Labute approximate surface area is 150 Å². The van der Waals surface area contributed by atoms with Crippen LogP contribution in [0.25, 0.3) is 12.2 Å². The van der Waals surface area contributed by atoms with Crippen molar-refractivity contribution in [3.8, 4) is 0 Å². The van der Waals surface area contributed by atoms with Gasteiger partial charge in [-0.3, -0.25) is 0 Å². The molecule has 1 aliphatic rings. The van der Waals surface area contributed by atoms with E-state index in [1.807, 2.05) is 18.2 Å². The molecule has 2 heteroatoms. The molecular formula is C23H26O2. The third kappa shape index (κ3) is 3.53. The molecule has 0 atom stereocenters. The zero-order chi connectivity index (χ0) is 18.2. The van der Waals surface area contributed by atoms with E-state index in [0.29, 0.717) is 5.56 Å². The highest BCUT2D eigenvalue weighted by atomic mass is 16.4. The van der Waals surface area contributed by atoms with E-state index in [4.69, 9.17) is 5.11 Å². The van der Waals surface area contributed by atoms with Gasteiger partial charge in [-0.05, 0) is 58.1 Å². The Morgan fingerprint density at radius 2 is 1.36 bits per heavy atom. The zero-order valence-corrected chi connectivity index (χ0v) is 15.5. The van der Waals surface area contributed by atoms with Crippen molar-refractivity contribution < 1.29 is 9.90 Å². The number of benzene rings is 2. The first-order chi connectivity index (χ1) is 11.7. The van der Waals surface area contributed by atoms with Gasteiger partial charge >= 0.3 is 5.97 Å². The first-order valence-corrected chi connectivity index (χ1v) is 8.85. The van der Waals surface area contributed by atoms with Gasteiger partial charge < -0.3 is 5.11 Å². The average molecular weight is 334 g/mol. The van der Waals surface area contributed by atoms with Crippen LogP contribution in [0.2, 0.25) is 0 Å². The first kappa shape index (κ1) is 17.5. The lowest BCUT2D eigenvalue weighted by molar-refractivity contribution is 0.0697. The third-order valence-electron chi connectivity index (χ3n) is 5.50. The standard InChI is InChI=1S/C23H26O2/c1-22(2)13-14-23(3,4)20-15-17(9-12-19(20)22)6-5-16-7-10-18(11-8-16)21(24)25/h5-12,15H,13-14H2,1-4H3,(H,24,25)/b6-5+. The number of rotatable bonds is 3. The summed E-state index contributed by atoms with van der Waals surface area (Å²) in [4.78, 5) is 10.9. The molecule has 2 aromatic rings. The maximum Gasteiger partial charge on any atom is 0.335 e. The molecular weight excluding hydrogens is 308 g/mol. The lowest BCUT2D eigenvalue weighted by Gasteiger charge is -2.42. The van der Waals surface area contributed by atoms with Crippen LogP contribution >= 0.6 is 0 Å². The van der Waals surface area contributed by atoms with Gasteiger partial charge in [0.1, 0.15) is 0 Å². The fourth-order valence-corrected chi connectivity index (χ4v) is 3.64. The smallest absolute Gasteiger partial charge is 0.335 e. The Bertz CT molecular complexity index is 824. The van der Waals surface area contributed by atoms with Crippen LogP contribution in [0.1, 0.15) is 73.1 Å². The van der Waals surface area contributed by atoms with Crippen LogP contribution in [0.3, 0.4) is 0 Å². The molecule has 0 fully saturated rings. The van der Waals surface area contributed by atoms with Gasteiger partial charge in [-0.15, -0.1) is 0 Å². The molecule has 0 amide bonds. The van der Waals surface area contributed by atoms with Crippen molar-refractivity contribution in [3.63, 3.8) is 0 Å². The van der Waals surface area contributed by atoms with E-state index >= 15 is 0 Å². The molecule has 3 rings (SSSR count). The highest BCUT2D eigenvalue weighted by molar-refractivity contribution is 5.88. The van der Waals surface area contributed by atoms with E-state index in [-0.39, 0.29) is 10.8 Å². The Hall–Kier alpha value is -2.35. The molecule has 130 valence electrons. The van der Waals surface area contributed by atoms with Crippen molar-refractivity contribution in [2.24, 2.45) is 0 Å². The summed E-state index contributed by atoms with van der Waals surface area (Å²) in [5, 5.41) is 8.97. The molecule has 2 nitrogen and oxygen atoms in total. The predicted octanol–water partition coefficient (Wildman–Crippen LogP) is 5.90. The number of carboxylic acids is 1. The minimum atomic E-state index is -0.893. The average Bonchev–Trinajstić information content (AvgIpc) is 2.57. The minimum Gasteiger partial charge on any atom is -0.478 e. The molecule has 1 aliphatic carbocycles. The van der Waals surface area contributed by atoms with Crippen LogP contribution in [-0.4, -0.2) is 11.1 Å². The molecule has 0 aliphatic heterocycles. The number of carbonyl (C=O) groups is 1. The maximum atomic E-state index is 10.9. The quantitative estimate of drug-likeness (QED) is 0.709. The summed E-state index contributed by atoms with van der Waals surface area (Å²) in [7, 11) is 0. The predicted molar refractivity (Wildman–Crippen MR) is 104 cm³/mol. The van der Waals surface area contributed by atoms with Gasteiger partial charge in [0.2, 0.25) is 0 Å². The normalized spacial score (nSPS) is 18.1. The van der Waals surface area contributed by atoms with Crippen LogP contribution in [0.4, 0.5) is 0 Å². The molecule has 2 aromatic carbocycles. The van der Waals surface area contributed by atoms with E-state index in [9.17, 15) is 4.79 Å². The Kier molecular flexibility index (Phi) is 4.32. The summed E-state index contributed by atoms with van der Waals surface area (Å²) >= 11 is 0. The molecule has 0 saturated heterocycles. The SMILES string of the molecule is CC1(C)CCC(C)(C)c2cc(/C=C/c3ccc(C(=O)O)cc3)ccc21. The van der Waals surface area contributed by atoms with Gasteiger partial charge in [0.25, 0.3) is 0 Å². The van der Waals surface area contributed by atoms with E-state index in [0.717, 1.165) is 5.56 Å². The first-order valence-electron chi connectivity index (χ1n) is 8.85. The van der Waals surface area contributed by atoms with Crippen molar-refractivity contribution in [1.29, 1.82) is 0 Å². The van der Waals surface area contributed by atoms with Gasteiger partial charge in [-0.25, -0.2) is 4.79 Å². The summed E-state index contributed by atoms with van der Waals surface area (Å²) in [5.74, 6) is -0.893. The van der Waals surface area contributed by atoms with Crippen molar-refractivity contribution >= 4 is 18.1 Å². The second-order valence-corrected chi connectivity index (χ2v) is 8.33. The lowest BCUT2D eigenvalue weighted by Crippen LogP contribution is -2.33. The van der Waals surface area contributed by atoms with Crippen LogP contribution in [0, 0.1) is 0 Å². The number of fused-ring (bicyclic) bond motifs is 1. The van der Waals surface area contributed by atoms with Crippen molar-refractivity contribution in [2.45, 2.75) is 51.4 Å². The van der Waals surface area contributed by atoms with Crippen LogP contribution in [-0.2, 0) is 10.8 Å². The summed E-state index contributed by atoms with van der Waals surface area (Å²) in [5.41, 5.74) is 5.86. The van der Waals surface area contributed by atoms with Crippen LogP contribution in [0.15, 0.2) is 42.5 Å². The van der Waals surface area contributed by atoms with Crippen LogP contribution in [0.5, 0.6) is 0 Å². The number of aromatic carboxylic acids is 1. The molecule has 0 radical (unpaired) electrons. The summed E-state index contributed by atoms with van der Waals surface area (Å²) in [6.07, 6.45) is 6.57. The Morgan fingerprint density at radius 1 is 0.840 bits per heavy atom. The second kappa shape index (κ2) is 6.18. The molecule has 1 N–H and O–H groups in total. The van der Waals surface area contributed by atoms with E-state index in [1.165, 1.54) is 29.5 Å². The van der Waals surface area contributed by atoms with Gasteiger partial charge in [-0.2, -0.15) is 0 Å². The fraction of sp³-hybridized carbons (Fsp3) is 0.348. The zero-order valence-electron chi connectivity index (χ0n) is 15.5. The van der Waals surface area contributed by atoms with Crippen molar-refractivity contribution in [1.82, 2.24) is 0 Å². The number of hydrogen-bond acceptors (Lipinski definition) is 1. The van der Waals surface area contributed by atoms with E-state index < -0.39 is 5.97 Å². The largest absolute Gasteiger partial charge is 0.478 e. The Morgan fingerprint density at radius 3 is 1.96 bits per heavy atom. The Balaban J connectivity index is 1.90. The highest BCUT2D eigenvalue weighted by Gasteiger charge is 2.36. The third-order valence-corrected chi connectivity index (χ3v) is 5.50. The van der Waals surface area contributed by atoms with Gasteiger partial charge in [0, 0.05) is 0 Å². The minimum absolute atomic E-state index is 0.206. The number of carboxylic acid groups (broad SMARTS) is 1. The summed E-state index contributed by atoms with van der Waals surface area (Å²) < 4.78 is 0. The van der Waals surface area contributed by atoms with Crippen molar-refractivity contribution in [2.75, 3.05) is 0 Å². The topological polar surface area (TPSA) is 37.3 Å². The fourth-order valence-electron chi connectivity index (χ4n) is 3.64. The highest BCUT2D eigenvalue weighted by Crippen LogP contribution is 2.45. The van der Waals surface area contributed by atoms with Gasteiger partial charge in [0.05, 0.1) is 5.56 Å². The lowest BCUT2D eigenvalue weighted by atomic mass is 9.63. The molecule has 0 bridgehead atoms. The summed E-state index contributed by atoms with van der Waals surface area (Å²) in [6, 6.07) is 13.7. The van der Waals surface area contributed by atoms with Crippen molar-refractivity contribution in [3.05, 3.63) is 70.3 Å². The molecule has 0 spiro atoms. The molecule has 25 heavy (non-hydrogen) atoms. The monoisotopic (exact) mass is 334 g/mol. The number of hydrogen-bond donors (Lipinski definition) is 1. The van der Waals surface area contributed by atoms with Gasteiger partial charge in [-0.1, -0.05) is 70.2 Å². The molecule has 0 aromatic heterocycles. The van der Waals surface area contributed by atoms with Crippen LogP contribution < -0.4 is 0 Å². The molecule has 0 heterocycles. The second-order valence-electron chi connectivity index (χ2n) is 8.33.